The summed E-state index contributed by atoms with van der Waals surface area (Å²) in [5.74, 6) is 0.000824. The van der Waals surface area contributed by atoms with E-state index in [0.717, 1.165) is 10.5 Å². The number of aromatic nitrogens is 4. The molecule has 1 aromatic carbocycles. The predicted octanol–water partition coefficient (Wildman–Crippen LogP) is 2.44. The lowest BCUT2D eigenvalue weighted by Gasteiger charge is -2.00. The van der Waals surface area contributed by atoms with Gasteiger partial charge in [-0.05, 0) is 36.6 Å². The van der Waals surface area contributed by atoms with E-state index in [1.54, 1.807) is 31.1 Å². The molecule has 112 valence electrons. The Morgan fingerprint density at radius 2 is 2.00 bits per heavy atom. The van der Waals surface area contributed by atoms with E-state index in [0.29, 0.717) is 11.6 Å². The lowest BCUT2D eigenvalue weighted by molar-refractivity contribution is 0.101. The van der Waals surface area contributed by atoms with Crippen LogP contribution in [-0.4, -0.2) is 32.1 Å². The largest absolute Gasteiger partial charge is 0.403 e. The number of hydrogen-bond acceptors (Lipinski definition) is 6. The summed E-state index contributed by atoms with van der Waals surface area (Å²) in [5, 5.41) is 14.3. The number of nitrogens with one attached hydrogen (secondary N) is 1. The van der Waals surface area contributed by atoms with E-state index >= 15 is 0 Å². The van der Waals surface area contributed by atoms with Crippen molar-refractivity contribution in [2.45, 2.75) is 4.90 Å². The quantitative estimate of drug-likeness (QED) is 0.744. The minimum Gasteiger partial charge on any atom is -0.403 e. The molecule has 0 saturated heterocycles. The van der Waals surface area contributed by atoms with Gasteiger partial charge in [-0.2, -0.15) is 5.10 Å². The minimum absolute atomic E-state index is 0.0511. The van der Waals surface area contributed by atoms with Crippen molar-refractivity contribution in [2.75, 3.05) is 11.6 Å². The molecule has 0 unspecified atom stereocenters. The van der Waals surface area contributed by atoms with Gasteiger partial charge in [-0.3, -0.25) is 14.8 Å². The van der Waals surface area contributed by atoms with E-state index in [4.69, 9.17) is 4.42 Å². The van der Waals surface area contributed by atoms with Gasteiger partial charge in [0, 0.05) is 23.7 Å². The number of anilines is 1. The van der Waals surface area contributed by atoms with Crippen LogP contribution < -0.4 is 5.32 Å². The van der Waals surface area contributed by atoms with E-state index in [9.17, 15) is 4.79 Å². The van der Waals surface area contributed by atoms with Gasteiger partial charge in [-0.25, -0.2) is 0 Å². The third kappa shape index (κ3) is 2.86. The van der Waals surface area contributed by atoms with Gasteiger partial charge in [0.15, 0.2) is 0 Å². The molecule has 2 heterocycles. The molecule has 0 fully saturated rings. The maximum absolute atomic E-state index is 12.0. The van der Waals surface area contributed by atoms with Crippen molar-refractivity contribution < 1.29 is 9.21 Å². The number of hydrogen-bond donors (Lipinski definition) is 1. The minimum atomic E-state index is -0.354. The van der Waals surface area contributed by atoms with Crippen LogP contribution >= 0.6 is 11.8 Å². The first-order chi connectivity index (χ1) is 10.7. The molecule has 3 rings (SSSR count). The number of benzene rings is 1. The molecular formula is C14H13N5O2S. The summed E-state index contributed by atoms with van der Waals surface area (Å²) in [7, 11) is 1.68. The lowest BCUT2D eigenvalue weighted by atomic mass is 10.2. The van der Waals surface area contributed by atoms with E-state index in [2.05, 4.69) is 20.6 Å². The Hall–Kier alpha value is -2.61. The van der Waals surface area contributed by atoms with E-state index < -0.39 is 0 Å². The molecule has 1 N–H and O–H groups in total. The first-order valence-corrected chi connectivity index (χ1v) is 7.67. The maximum atomic E-state index is 12.0. The topological polar surface area (TPSA) is 85.8 Å². The third-order valence-corrected chi connectivity index (χ3v) is 3.78. The van der Waals surface area contributed by atoms with Crippen molar-refractivity contribution in [2.24, 2.45) is 7.05 Å². The molecule has 3 aromatic rings. The number of amides is 1. The fraction of sp³-hybridized carbons (Fsp3) is 0.143. The van der Waals surface area contributed by atoms with Crippen LogP contribution in [0.2, 0.25) is 0 Å². The summed E-state index contributed by atoms with van der Waals surface area (Å²) >= 11 is 1.65. The van der Waals surface area contributed by atoms with Crippen molar-refractivity contribution in [3.05, 3.63) is 42.2 Å². The zero-order valence-electron chi connectivity index (χ0n) is 12.0. The fourth-order valence-corrected chi connectivity index (χ4v) is 2.29. The Morgan fingerprint density at radius 3 is 2.64 bits per heavy atom. The van der Waals surface area contributed by atoms with Gasteiger partial charge < -0.3 is 4.42 Å². The molecule has 0 spiro atoms. The molecule has 7 nitrogen and oxygen atoms in total. The first-order valence-electron chi connectivity index (χ1n) is 6.44. The van der Waals surface area contributed by atoms with E-state index in [1.165, 1.54) is 4.68 Å². The van der Waals surface area contributed by atoms with Gasteiger partial charge in [0.1, 0.15) is 5.69 Å². The van der Waals surface area contributed by atoms with E-state index in [-0.39, 0.29) is 11.9 Å². The Kier molecular flexibility index (Phi) is 3.92. The van der Waals surface area contributed by atoms with Crippen LogP contribution in [0.1, 0.15) is 10.5 Å². The van der Waals surface area contributed by atoms with Gasteiger partial charge in [-0.15, -0.1) is 16.9 Å². The van der Waals surface area contributed by atoms with Crippen LogP contribution in [0.5, 0.6) is 0 Å². The molecule has 0 saturated carbocycles. The molecule has 0 atom stereocenters. The summed E-state index contributed by atoms with van der Waals surface area (Å²) in [4.78, 5) is 13.2. The second-order valence-electron chi connectivity index (χ2n) is 4.44. The van der Waals surface area contributed by atoms with Crippen LogP contribution in [-0.2, 0) is 7.05 Å². The molecule has 2 aromatic heterocycles. The smallest absolute Gasteiger partial charge is 0.322 e. The molecular weight excluding hydrogens is 302 g/mol. The third-order valence-electron chi connectivity index (χ3n) is 3.04. The first kappa shape index (κ1) is 14.3. The van der Waals surface area contributed by atoms with Crippen LogP contribution in [0.15, 0.2) is 45.8 Å². The Balaban J connectivity index is 1.76. The SMILES string of the molecule is CSc1ccc(-c2nnc(NC(=O)c3ccnn3C)o2)cc1. The molecule has 8 heteroatoms. The van der Waals surface area contributed by atoms with Crippen molar-refractivity contribution in [1.29, 1.82) is 0 Å². The highest BCUT2D eigenvalue weighted by atomic mass is 32.2. The zero-order chi connectivity index (χ0) is 15.5. The summed E-state index contributed by atoms with van der Waals surface area (Å²) in [6.07, 6.45) is 3.55. The summed E-state index contributed by atoms with van der Waals surface area (Å²) in [6, 6.07) is 9.39. The summed E-state index contributed by atoms with van der Waals surface area (Å²) in [5.41, 5.74) is 1.20. The van der Waals surface area contributed by atoms with Gasteiger partial charge >= 0.3 is 6.01 Å². The maximum Gasteiger partial charge on any atom is 0.322 e. The molecule has 0 aliphatic carbocycles. The second-order valence-corrected chi connectivity index (χ2v) is 5.31. The highest BCUT2D eigenvalue weighted by Gasteiger charge is 2.14. The lowest BCUT2D eigenvalue weighted by Crippen LogP contribution is -2.16. The van der Waals surface area contributed by atoms with Crippen LogP contribution in [0.25, 0.3) is 11.5 Å². The Bertz CT molecular complexity index is 794. The van der Waals surface area contributed by atoms with Gasteiger partial charge in [0.25, 0.3) is 5.91 Å². The summed E-state index contributed by atoms with van der Waals surface area (Å²) < 4.78 is 6.93. The van der Waals surface area contributed by atoms with Crippen molar-refractivity contribution in [3.63, 3.8) is 0 Å². The standard InChI is InChI=1S/C14H13N5O2S/c1-19-11(7-8-15-19)12(20)16-14-18-17-13(21-14)9-3-5-10(22-2)6-4-9/h3-8H,1-2H3,(H,16,18,20). The monoisotopic (exact) mass is 315 g/mol. The Morgan fingerprint density at radius 1 is 1.23 bits per heavy atom. The van der Waals surface area contributed by atoms with Crippen molar-refractivity contribution in [3.8, 4) is 11.5 Å². The van der Waals surface area contributed by atoms with Gasteiger partial charge in [-0.1, -0.05) is 5.10 Å². The number of aryl methyl sites for hydroxylation is 1. The normalized spacial score (nSPS) is 10.6. The number of nitrogens with zero attached hydrogens (tertiary/aromatic N) is 4. The molecule has 0 aliphatic rings. The van der Waals surface area contributed by atoms with Crippen LogP contribution in [0.3, 0.4) is 0 Å². The fourth-order valence-electron chi connectivity index (χ4n) is 1.88. The van der Waals surface area contributed by atoms with Gasteiger partial charge in [0.05, 0.1) is 0 Å². The number of rotatable bonds is 4. The highest BCUT2D eigenvalue weighted by Crippen LogP contribution is 2.23. The van der Waals surface area contributed by atoms with Crippen molar-refractivity contribution in [1.82, 2.24) is 20.0 Å². The molecule has 0 radical (unpaired) electrons. The molecule has 0 bridgehead atoms. The van der Waals surface area contributed by atoms with E-state index in [1.807, 2.05) is 30.5 Å². The predicted molar refractivity (Wildman–Crippen MR) is 82.7 cm³/mol. The molecule has 22 heavy (non-hydrogen) atoms. The van der Waals surface area contributed by atoms with Crippen molar-refractivity contribution >= 4 is 23.7 Å². The average molecular weight is 315 g/mol. The van der Waals surface area contributed by atoms with Crippen LogP contribution in [0, 0.1) is 0 Å². The molecule has 0 aliphatic heterocycles. The molecule has 1 amide bonds. The second kappa shape index (κ2) is 6.02. The van der Waals surface area contributed by atoms with Crippen LogP contribution in [0.4, 0.5) is 6.01 Å². The highest BCUT2D eigenvalue weighted by molar-refractivity contribution is 7.98. The Labute approximate surface area is 130 Å². The number of carbonyl (C=O) groups excluding carboxylic acids is 1. The average Bonchev–Trinajstić information content (AvgIpc) is 3.16. The van der Waals surface area contributed by atoms with Gasteiger partial charge in [0.2, 0.25) is 5.89 Å². The zero-order valence-corrected chi connectivity index (χ0v) is 12.8. The number of carbonyl (C=O) groups is 1. The summed E-state index contributed by atoms with van der Waals surface area (Å²) in [6.45, 7) is 0. The number of thioether (sulfide) groups is 1.